The molecule has 0 aliphatic carbocycles. The summed E-state index contributed by atoms with van der Waals surface area (Å²) in [5.74, 6) is 0.666. The van der Waals surface area contributed by atoms with Crippen LogP contribution in [-0.2, 0) is 0 Å². The third kappa shape index (κ3) is 6.84. The molecule has 0 radical (unpaired) electrons. The molecule has 100 valence electrons. The van der Waals surface area contributed by atoms with Gasteiger partial charge < -0.3 is 15.5 Å². The molecular weight excluding hydrogens is 230 g/mol. The Morgan fingerprint density at radius 2 is 2.00 bits per heavy atom. The van der Waals surface area contributed by atoms with Crippen molar-refractivity contribution in [3.05, 3.63) is 0 Å². The van der Waals surface area contributed by atoms with Crippen molar-refractivity contribution < 1.29 is 0 Å². The van der Waals surface area contributed by atoms with Gasteiger partial charge in [0.25, 0.3) is 0 Å². The molecule has 0 aromatic rings. The highest BCUT2D eigenvalue weighted by molar-refractivity contribution is 7.80. The number of hydrogen-bond acceptors (Lipinski definition) is 2. The van der Waals surface area contributed by atoms with E-state index in [4.69, 9.17) is 12.2 Å². The van der Waals surface area contributed by atoms with Crippen molar-refractivity contribution in [2.75, 3.05) is 32.7 Å². The predicted molar refractivity (Wildman–Crippen MR) is 78.3 cm³/mol. The van der Waals surface area contributed by atoms with Crippen molar-refractivity contribution in [3.8, 4) is 0 Å². The number of unbranched alkanes of at least 4 members (excludes halogenated alkanes) is 1. The molecule has 0 aromatic heterocycles. The van der Waals surface area contributed by atoms with Crippen LogP contribution in [0.3, 0.4) is 0 Å². The maximum atomic E-state index is 5.23. The topological polar surface area (TPSA) is 27.3 Å². The summed E-state index contributed by atoms with van der Waals surface area (Å²) in [7, 11) is 0. The Morgan fingerprint density at radius 1 is 1.29 bits per heavy atom. The summed E-state index contributed by atoms with van der Waals surface area (Å²) in [6, 6.07) is 0. The highest BCUT2D eigenvalue weighted by Gasteiger charge is 2.14. The quantitative estimate of drug-likeness (QED) is 0.539. The molecule has 0 aromatic carbocycles. The molecule has 4 heteroatoms. The van der Waals surface area contributed by atoms with Gasteiger partial charge in [-0.05, 0) is 50.5 Å². The van der Waals surface area contributed by atoms with Gasteiger partial charge in [0.15, 0.2) is 5.11 Å². The lowest BCUT2D eigenvalue weighted by atomic mass is 10.1. The van der Waals surface area contributed by atoms with Crippen LogP contribution in [0, 0.1) is 5.92 Å². The third-order valence-electron chi connectivity index (χ3n) is 3.20. The second-order valence-electron chi connectivity index (χ2n) is 5.10. The zero-order valence-electron chi connectivity index (χ0n) is 11.3. The molecule has 1 saturated heterocycles. The van der Waals surface area contributed by atoms with E-state index >= 15 is 0 Å². The average Bonchev–Trinajstić information content (AvgIpc) is 2.79. The predicted octanol–water partition coefficient (Wildman–Crippen LogP) is 1.98. The van der Waals surface area contributed by atoms with E-state index in [2.05, 4.69) is 29.4 Å². The van der Waals surface area contributed by atoms with E-state index in [1.165, 1.54) is 45.3 Å². The van der Waals surface area contributed by atoms with Crippen LogP contribution in [0.15, 0.2) is 0 Å². The lowest BCUT2D eigenvalue weighted by Gasteiger charge is -2.21. The minimum Gasteiger partial charge on any atom is -0.363 e. The largest absolute Gasteiger partial charge is 0.363 e. The first kappa shape index (κ1) is 14.7. The molecule has 1 unspecified atom stereocenters. The minimum absolute atomic E-state index is 0.666. The van der Waals surface area contributed by atoms with Gasteiger partial charge in [0.2, 0.25) is 0 Å². The molecular formula is C13H27N3S. The fraction of sp³-hybridized carbons (Fsp3) is 0.923. The van der Waals surface area contributed by atoms with Gasteiger partial charge in [0.05, 0.1) is 0 Å². The molecule has 1 heterocycles. The van der Waals surface area contributed by atoms with Gasteiger partial charge >= 0.3 is 0 Å². The van der Waals surface area contributed by atoms with Crippen molar-refractivity contribution in [2.24, 2.45) is 5.92 Å². The Balaban J connectivity index is 2.01. The van der Waals surface area contributed by atoms with E-state index < -0.39 is 0 Å². The van der Waals surface area contributed by atoms with Crippen molar-refractivity contribution >= 4 is 17.3 Å². The zero-order valence-corrected chi connectivity index (χ0v) is 12.1. The average molecular weight is 257 g/mol. The van der Waals surface area contributed by atoms with Gasteiger partial charge in [-0.25, -0.2) is 0 Å². The fourth-order valence-electron chi connectivity index (χ4n) is 2.18. The minimum atomic E-state index is 0.666. The lowest BCUT2D eigenvalue weighted by Crippen LogP contribution is -2.40. The van der Waals surface area contributed by atoms with E-state index in [0.717, 1.165) is 18.2 Å². The smallest absolute Gasteiger partial charge is 0.166 e. The molecule has 1 aliphatic heterocycles. The Labute approximate surface area is 111 Å². The van der Waals surface area contributed by atoms with Crippen LogP contribution in [0.25, 0.3) is 0 Å². The summed E-state index contributed by atoms with van der Waals surface area (Å²) in [4.78, 5) is 2.56. The van der Waals surface area contributed by atoms with Crippen molar-refractivity contribution in [2.45, 2.75) is 39.5 Å². The molecule has 0 amide bonds. The van der Waals surface area contributed by atoms with Gasteiger partial charge in [-0.3, -0.25) is 0 Å². The number of rotatable bonds is 7. The molecule has 1 atom stereocenters. The Morgan fingerprint density at radius 3 is 2.65 bits per heavy atom. The Bertz CT molecular complexity index is 215. The summed E-state index contributed by atoms with van der Waals surface area (Å²) in [5.41, 5.74) is 0. The molecule has 2 N–H and O–H groups in total. The zero-order chi connectivity index (χ0) is 12.5. The van der Waals surface area contributed by atoms with Crippen LogP contribution < -0.4 is 10.6 Å². The summed E-state index contributed by atoms with van der Waals surface area (Å²) in [6.07, 6.45) is 5.14. The lowest BCUT2D eigenvalue weighted by molar-refractivity contribution is 0.288. The Kier molecular flexibility index (Phi) is 7.53. The number of nitrogens with zero attached hydrogens (tertiary/aromatic N) is 1. The van der Waals surface area contributed by atoms with Gasteiger partial charge in [0, 0.05) is 19.6 Å². The first-order valence-electron chi connectivity index (χ1n) is 6.96. The monoisotopic (exact) mass is 257 g/mol. The molecule has 0 bridgehead atoms. The molecule has 17 heavy (non-hydrogen) atoms. The number of likely N-dealkylation sites (tertiary alicyclic amines) is 1. The maximum Gasteiger partial charge on any atom is 0.166 e. The van der Waals surface area contributed by atoms with Crippen LogP contribution in [0.4, 0.5) is 0 Å². The van der Waals surface area contributed by atoms with Crippen LogP contribution in [0.5, 0.6) is 0 Å². The first-order chi connectivity index (χ1) is 8.22. The van der Waals surface area contributed by atoms with E-state index in [9.17, 15) is 0 Å². The third-order valence-corrected chi connectivity index (χ3v) is 3.48. The highest BCUT2D eigenvalue weighted by Crippen LogP contribution is 2.09. The molecule has 1 fully saturated rings. The molecule has 1 rings (SSSR count). The summed E-state index contributed by atoms with van der Waals surface area (Å²) in [5, 5.41) is 7.36. The van der Waals surface area contributed by atoms with Gasteiger partial charge in [0.1, 0.15) is 0 Å². The maximum absolute atomic E-state index is 5.23. The van der Waals surface area contributed by atoms with E-state index in [1.54, 1.807) is 0 Å². The van der Waals surface area contributed by atoms with Crippen LogP contribution in [-0.4, -0.2) is 42.7 Å². The second-order valence-corrected chi connectivity index (χ2v) is 5.51. The van der Waals surface area contributed by atoms with Crippen molar-refractivity contribution in [1.82, 2.24) is 15.5 Å². The highest BCUT2D eigenvalue weighted by atomic mass is 32.1. The van der Waals surface area contributed by atoms with Crippen LogP contribution in [0.1, 0.15) is 39.5 Å². The van der Waals surface area contributed by atoms with Crippen molar-refractivity contribution in [3.63, 3.8) is 0 Å². The SMILES string of the molecule is CCCCNC(=S)NCC(C)CN1CCCC1. The fourth-order valence-corrected chi connectivity index (χ4v) is 2.36. The second kappa shape index (κ2) is 8.70. The van der Waals surface area contributed by atoms with Crippen LogP contribution in [0.2, 0.25) is 0 Å². The number of nitrogens with one attached hydrogen (secondary N) is 2. The van der Waals surface area contributed by atoms with Gasteiger partial charge in [-0.2, -0.15) is 0 Å². The molecule has 3 nitrogen and oxygen atoms in total. The summed E-state index contributed by atoms with van der Waals surface area (Å²) >= 11 is 5.23. The standard InChI is InChI=1S/C13H27N3S/c1-3-4-7-14-13(17)15-10-12(2)11-16-8-5-6-9-16/h12H,3-11H2,1-2H3,(H2,14,15,17). The number of hydrogen-bond donors (Lipinski definition) is 2. The molecule has 0 saturated carbocycles. The van der Waals surface area contributed by atoms with E-state index in [1.807, 2.05) is 0 Å². The van der Waals surface area contributed by atoms with Gasteiger partial charge in [-0.15, -0.1) is 0 Å². The van der Waals surface area contributed by atoms with E-state index in [-0.39, 0.29) is 0 Å². The summed E-state index contributed by atoms with van der Waals surface area (Å²) in [6.45, 7) is 10.2. The van der Waals surface area contributed by atoms with Crippen molar-refractivity contribution in [1.29, 1.82) is 0 Å². The molecule has 1 aliphatic rings. The summed E-state index contributed by atoms with van der Waals surface area (Å²) < 4.78 is 0. The van der Waals surface area contributed by atoms with Gasteiger partial charge in [-0.1, -0.05) is 20.3 Å². The van der Waals surface area contributed by atoms with Crippen LogP contribution >= 0.6 is 12.2 Å². The Hall–Kier alpha value is -0.350. The first-order valence-corrected chi connectivity index (χ1v) is 7.37. The van der Waals surface area contributed by atoms with E-state index in [0.29, 0.717) is 5.92 Å². The normalized spacial score (nSPS) is 18.0. The number of thiocarbonyl (C=S) groups is 1. The molecule has 0 spiro atoms.